The van der Waals surface area contributed by atoms with E-state index < -0.39 is 5.54 Å². The molecule has 0 bridgehead atoms. The van der Waals surface area contributed by atoms with Crippen LogP contribution in [-0.2, 0) is 9.53 Å². The van der Waals surface area contributed by atoms with Crippen LogP contribution in [0.15, 0.2) is 5.16 Å². The van der Waals surface area contributed by atoms with Gasteiger partial charge in [-0.2, -0.15) is 0 Å². The molecule has 1 aliphatic rings. The molecule has 0 aromatic heterocycles. The van der Waals surface area contributed by atoms with E-state index >= 15 is 0 Å². The third-order valence-corrected chi connectivity index (χ3v) is 2.64. The molecule has 1 atom stereocenters. The van der Waals surface area contributed by atoms with Crippen LogP contribution in [0.4, 0.5) is 0 Å². The molecule has 16 heavy (non-hydrogen) atoms. The Morgan fingerprint density at radius 2 is 2.38 bits per heavy atom. The molecule has 1 amide bonds. The van der Waals surface area contributed by atoms with Crippen LogP contribution in [0.3, 0.4) is 0 Å². The van der Waals surface area contributed by atoms with Gasteiger partial charge in [0, 0.05) is 6.61 Å². The van der Waals surface area contributed by atoms with Gasteiger partial charge in [0.25, 0.3) is 0 Å². The molecule has 0 aromatic rings. The fourth-order valence-corrected chi connectivity index (χ4v) is 1.60. The van der Waals surface area contributed by atoms with Gasteiger partial charge in [-0.15, -0.1) is 0 Å². The number of rotatable bonds is 4. The molecular formula is C10H19N3O3. The highest BCUT2D eigenvalue weighted by Gasteiger charge is 2.27. The third kappa shape index (κ3) is 3.37. The Morgan fingerprint density at radius 1 is 1.69 bits per heavy atom. The van der Waals surface area contributed by atoms with Crippen LogP contribution in [-0.4, -0.2) is 35.2 Å². The first-order valence-electron chi connectivity index (χ1n) is 5.36. The second kappa shape index (κ2) is 5.16. The van der Waals surface area contributed by atoms with Crippen LogP contribution in [0, 0.1) is 0 Å². The van der Waals surface area contributed by atoms with Crippen LogP contribution in [0.25, 0.3) is 0 Å². The standard InChI is InChI=1S/C10H19N3O3/c1-10(2,9(11)13-15)12-8(14)6-7-4-3-5-16-7/h7,15H,3-6H2,1-2H3,(H2,11,13)(H,12,14). The minimum absolute atomic E-state index is 0.00286. The normalized spacial score (nSPS) is 22.1. The summed E-state index contributed by atoms with van der Waals surface area (Å²) in [7, 11) is 0. The van der Waals surface area contributed by atoms with Crippen molar-refractivity contribution in [1.29, 1.82) is 0 Å². The summed E-state index contributed by atoms with van der Waals surface area (Å²) >= 11 is 0. The molecule has 92 valence electrons. The zero-order chi connectivity index (χ0) is 12.2. The van der Waals surface area contributed by atoms with Crippen molar-refractivity contribution in [3.05, 3.63) is 0 Å². The van der Waals surface area contributed by atoms with Gasteiger partial charge in [-0.1, -0.05) is 5.16 Å². The molecule has 1 heterocycles. The number of carbonyl (C=O) groups excluding carboxylic acids is 1. The van der Waals surface area contributed by atoms with Gasteiger partial charge in [-0.25, -0.2) is 0 Å². The van der Waals surface area contributed by atoms with Gasteiger partial charge in [0.1, 0.15) is 0 Å². The average Bonchev–Trinajstić information content (AvgIpc) is 2.67. The average molecular weight is 229 g/mol. The van der Waals surface area contributed by atoms with Gasteiger partial charge in [-0.05, 0) is 26.7 Å². The second-order valence-corrected chi connectivity index (χ2v) is 4.50. The highest BCUT2D eigenvalue weighted by molar-refractivity contribution is 5.93. The molecule has 0 saturated carbocycles. The Hall–Kier alpha value is -1.30. The van der Waals surface area contributed by atoms with Crippen molar-refractivity contribution in [1.82, 2.24) is 5.32 Å². The first kappa shape index (κ1) is 12.8. The number of amides is 1. The zero-order valence-electron chi connectivity index (χ0n) is 9.69. The molecule has 0 aliphatic carbocycles. The van der Waals surface area contributed by atoms with E-state index in [0.29, 0.717) is 6.42 Å². The molecule has 1 saturated heterocycles. The Kier molecular flexibility index (Phi) is 4.12. The van der Waals surface area contributed by atoms with Gasteiger partial charge in [-0.3, -0.25) is 4.79 Å². The summed E-state index contributed by atoms with van der Waals surface area (Å²) in [5.74, 6) is -0.170. The van der Waals surface area contributed by atoms with Crippen LogP contribution in [0.2, 0.25) is 0 Å². The number of hydrogen-bond acceptors (Lipinski definition) is 4. The molecule has 1 unspecified atom stereocenters. The van der Waals surface area contributed by atoms with Gasteiger partial charge in [0.15, 0.2) is 5.84 Å². The monoisotopic (exact) mass is 229 g/mol. The number of ether oxygens (including phenoxy) is 1. The fraction of sp³-hybridized carbons (Fsp3) is 0.800. The minimum Gasteiger partial charge on any atom is -0.409 e. The van der Waals surface area contributed by atoms with E-state index in [2.05, 4.69) is 10.5 Å². The first-order chi connectivity index (χ1) is 7.45. The minimum atomic E-state index is -0.843. The molecular weight excluding hydrogens is 210 g/mol. The molecule has 1 rings (SSSR count). The van der Waals surface area contributed by atoms with Crippen molar-refractivity contribution < 1.29 is 14.7 Å². The van der Waals surface area contributed by atoms with Crippen molar-refractivity contribution in [2.45, 2.75) is 44.8 Å². The third-order valence-electron chi connectivity index (χ3n) is 2.64. The smallest absolute Gasteiger partial charge is 0.223 e. The molecule has 1 aliphatic heterocycles. The molecule has 0 radical (unpaired) electrons. The van der Waals surface area contributed by atoms with Gasteiger partial charge >= 0.3 is 0 Å². The summed E-state index contributed by atoms with van der Waals surface area (Å²) in [6, 6.07) is 0. The number of hydrogen-bond donors (Lipinski definition) is 3. The van der Waals surface area contributed by atoms with E-state index in [1.165, 1.54) is 0 Å². The van der Waals surface area contributed by atoms with Crippen molar-refractivity contribution in [3.63, 3.8) is 0 Å². The summed E-state index contributed by atoms with van der Waals surface area (Å²) in [5, 5.41) is 14.1. The lowest BCUT2D eigenvalue weighted by atomic mass is 10.0. The topological polar surface area (TPSA) is 96.9 Å². The molecule has 4 N–H and O–H groups in total. The predicted molar refractivity (Wildman–Crippen MR) is 59.2 cm³/mol. The van der Waals surface area contributed by atoms with Crippen molar-refractivity contribution in [3.8, 4) is 0 Å². The van der Waals surface area contributed by atoms with Crippen molar-refractivity contribution in [2.24, 2.45) is 10.9 Å². The number of amidine groups is 1. The SMILES string of the molecule is CC(C)(NC(=O)CC1CCCO1)C(N)=NO. The number of oxime groups is 1. The number of nitrogens with zero attached hydrogens (tertiary/aromatic N) is 1. The fourth-order valence-electron chi connectivity index (χ4n) is 1.60. The Labute approximate surface area is 94.8 Å². The van der Waals surface area contributed by atoms with Gasteiger partial charge < -0.3 is 21.0 Å². The lowest BCUT2D eigenvalue weighted by Gasteiger charge is -2.25. The molecule has 6 heteroatoms. The van der Waals surface area contributed by atoms with E-state index in [9.17, 15) is 4.79 Å². The second-order valence-electron chi connectivity index (χ2n) is 4.50. The highest BCUT2D eigenvalue weighted by Crippen LogP contribution is 2.15. The van der Waals surface area contributed by atoms with Crippen molar-refractivity contribution >= 4 is 11.7 Å². The van der Waals surface area contributed by atoms with Crippen LogP contribution in [0.5, 0.6) is 0 Å². The van der Waals surface area contributed by atoms with E-state index in [1.54, 1.807) is 13.8 Å². The summed E-state index contributed by atoms with van der Waals surface area (Å²) in [4.78, 5) is 11.7. The largest absolute Gasteiger partial charge is 0.409 e. The lowest BCUT2D eigenvalue weighted by molar-refractivity contribution is -0.124. The van der Waals surface area contributed by atoms with Crippen molar-refractivity contribution in [2.75, 3.05) is 6.61 Å². The maximum atomic E-state index is 11.7. The number of nitrogens with two attached hydrogens (primary N) is 1. The molecule has 0 aromatic carbocycles. The molecule has 0 spiro atoms. The maximum absolute atomic E-state index is 11.7. The highest BCUT2D eigenvalue weighted by atomic mass is 16.5. The summed E-state index contributed by atoms with van der Waals surface area (Å²) < 4.78 is 5.35. The Morgan fingerprint density at radius 3 is 2.88 bits per heavy atom. The molecule has 6 nitrogen and oxygen atoms in total. The van der Waals surface area contributed by atoms with Crippen LogP contribution in [0.1, 0.15) is 33.1 Å². The van der Waals surface area contributed by atoms with E-state index in [1.807, 2.05) is 0 Å². The van der Waals surface area contributed by atoms with E-state index in [0.717, 1.165) is 19.4 Å². The molecule has 1 fully saturated rings. The van der Waals surface area contributed by atoms with Gasteiger partial charge in [0.05, 0.1) is 18.1 Å². The first-order valence-corrected chi connectivity index (χ1v) is 5.36. The zero-order valence-corrected chi connectivity index (χ0v) is 9.69. The summed E-state index contributed by atoms with van der Waals surface area (Å²) in [6.45, 7) is 4.08. The van der Waals surface area contributed by atoms with Gasteiger partial charge in [0.2, 0.25) is 5.91 Å². The lowest BCUT2D eigenvalue weighted by Crippen LogP contribution is -2.53. The maximum Gasteiger partial charge on any atom is 0.223 e. The van der Waals surface area contributed by atoms with Crippen LogP contribution >= 0.6 is 0 Å². The Bertz CT molecular complexity index is 283. The predicted octanol–water partition coefficient (Wildman–Crippen LogP) is 0.197. The van der Waals surface area contributed by atoms with E-state index in [4.69, 9.17) is 15.7 Å². The van der Waals surface area contributed by atoms with E-state index in [-0.39, 0.29) is 17.8 Å². The number of carbonyl (C=O) groups is 1. The summed E-state index contributed by atoms with van der Waals surface area (Å²) in [6.07, 6.45) is 2.24. The summed E-state index contributed by atoms with van der Waals surface area (Å²) in [5.41, 5.74) is 4.62. The number of nitrogens with one attached hydrogen (secondary N) is 1. The quantitative estimate of drug-likeness (QED) is 0.277. The van der Waals surface area contributed by atoms with Crippen LogP contribution < -0.4 is 11.1 Å². The Balaban J connectivity index is 2.43.